The molecule has 11 heteroatoms. The number of thiazole rings is 1. The zero-order valence-corrected chi connectivity index (χ0v) is 12.5. The molecule has 0 atom stereocenters. The fraction of sp³-hybridized carbons (Fsp3) is 0.167. The highest BCUT2D eigenvalue weighted by molar-refractivity contribution is 7.13. The maximum Gasteiger partial charge on any atom is 0.471 e. The minimum atomic E-state index is -4.99. The first-order chi connectivity index (χ1) is 10.7. The maximum absolute atomic E-state index is 12.3. The minimum Gasteiger partial charge on any atom is -0.370 e. The van der Waals surface area contributed by atoms with E-state index in [9.17, 15) is 18.0 Å². The number of aryl methyl sites for hydroxylation is 1. The summed E-state index contributed by atoms with van der Waals surface area (Å²) >= 11 is 1.14. The quantitative estimate of drug-likeness (QED) is 0.580. The lowest BCUT2D eigenvalue weighted by molar-refractivity contribution is -0.167. The lowest BCUT2D eigenvalue weighted by Crippen LogP contribution is -2.30. The van der Waals surface area contributed by atoms with Crippen molar-refractivity contribution in [1.29, 1.82) is 0 Å². The Morgan fingerprint density at radius 2 is 2.00 bits per heavy atom. The molecular formula is C12H11F3N6OS. The Bertz CT molecular complexity index is 766. The van der Waals surface area contributed by atoms with E-state index in [0.717, 1.165) is 11.3 Å². The summed E-state index contributed by atoms with van der Waals surface area (Å²) < 4.78 is 36.8. The van der Waals surface area contributed by atoms with Gasteiger partial charge in [-0.3, -0.25) is 4.79 Å². The summed E-state index contributed by atoms with van der Waals surface area (Å²) in [7, 11) is 0. The number of guanidine groups is 1. The molecule has 5 N–H and O–H groups in total. The lowest BCUT2D eigenvalue weighted by atomic mass is 10.2. The van der Waals surface area contributed by atoms with E-state index in [0.29, 0.717) is 17.0 Å². The van der Waals surface area contributed by atoms with Gasteiger partial charge in [0.1, 0.15) is 11.5 Å². The molecule has 0 aliphatic heterocycles. The summed E-state index contributed by atoms with van der Waals surface area (Å²) in [6, 6.07) is 2.79. The SMILES string of the molecule is Cc1ccc(NC(=O)C(F)(F)F)nc1-c1csc(N=C(N)N)n1. The zero-order valence-electron chi connectivity index (χ0n) is 11.7. The van der Waals surface area contributed by atoms with Gasteiger partial charge in [-0.25, -0.2) is 9.97 Å². The van der Waals surface area contributed by atoms with Crippen LogP contribution in [0.25, 0.3) is 11.4 Å². The molecule has 1 amide bonds. The molecule has 0 unspecified atom stereocenters. The fourth-order valence-corrected chi connectivity index (χ4v) is 2.27. The van der Waals surface area contributed by atoms with Crippen LogP contribution in [0.2, 0.25) is 0 Å². The Hall–Kier alpha value is -2.69. The molecule has 0 bridgehead atoms. The molecule has 0 saturated heterocycles. The van der Waals surface area contributed by atoms with Gasteiger partial charge in [0.05, 0.1) is 5.69 Å². The summed E-state index contributed by atoms with van der Waals surface area (Å²) in [4.78, 5) is 22.8. The average molecular weight is 344 g/mol. The van der Waals surface area contributed by atoms with Crippen molar-refractivity contribution in [2.45, 2.75) is 13.1 Å². The molecule has 122 valence electrons. The number of nitrogens with zero attached hydrogens (tertiary/aromatic N) is 3. The molecule has 0 aliphatic rings. The molecule has 7 nitrogen and oxygen atoms in total. The van der Waals surface area contributed by atoms with Crippen molar-refractivity contribution in [1.82, 2.24) is 9.97 Å². The van der Waals surface area contributed by atoms with Gasteiger partial charge in [-0.1, -0.05) is 6.07 Å². The van der Waals surface area contributed by atoms with Crippen LogP contribution in [0.3, 0.4) is 0 Å². The number of rotatable bonds is 3. The van der Waals surface area contributed by atoms with Crippen molar-refractivity contribution in [3.05, 3.63) is 23.1 Å². The molecule has 0 aromatic carbocycles. The minimum absolute atomic E-state index is 0.165. The Morgan fingerprint density at radius 3 is 2.61 bits per heavy atom. The highest BCUT2D eigenvalue weighted by atomic mass is 32.1. The maximum atomic E-state index is 12.3. The summed E-state index contributed by atoms with van der Waals surface area (Å²) in [6.07, 6.45) is -4.99. The Kier molecular flexibility index (Phi) is 4.50. The van der Waals surface area contributed by atoms with E-state index in [2.05, 4.69) is 15.0 Å². The first kappa shape index (κ1) is 16.7. The number of hydrogen-bond acceptors (Lipinski definition) is 5. The molecule has 2 aromatic heterocycles. The molecule has 0 fully saturated rings. The van der Waals surface area contributed by atoms with Crippen molar-refractivity contribution < 1.29 is 18.0 Å². The number of nitrogens with two attached hydrogens (primary N) is 2. The van der Waals surface area contributed by atoms with E-state index >= 15 is 0 Å². The Morgan fingerprint density at radius 1 is 1.30 bits per heavy atom. The highest BCUT2D eigenvalue weighted by Crippen LogP contribution is 2.28. The third-order valence-electron chi connectivity index (χ3n) is 2.56. The monoisotopic (exact) mass is 344 g/mol. The summed E-state index contributed by atoms with van der Waals surface area (Å²) in [5.74, 6) is -2.50. The second kappa shape index (κ2) is 6.20. The number of carbonyl (C=O) groups excluding carboxylic acids is 1. The van der Waals surface area contributed by atoms with Gasteiger partial charge in [-0.05, 0) is 18.6 Å². The van der Waals surface area contributed by atoms with Gasteiger partial charge in [0.25, 0.3) is 0 Å². The van der Waals surface area contributed by atoms with Crippen LogP contribution in [0, 0.1) is 6.92 Å². The van der Waals surface area contributed by atoms with Gasteiger partial charge in [0, 0.05) is 5.38 Å². The third-order valence-corrected chi connectivity index (χ3v) is 3.29. The van der Waals surface area contributed by atoms with E-state index in [-0.39, 0.29) is 16.9 Å². The van der Waals surface area contributed by atoms with Crippen LogP contribution in [-0.2, 0) is 4.79 Å². The number of alkyl halides is 3. The number of pyridine rings is 1. The first-order valence-corrected chi connectivity index (χ1v) is 6.96. The predicted molar refractivity (Wildman–Crippen MR) is 80.2 cm³/mol. The number of carbonyl (C=O) groups is 1. The van der Waals surface area contributed by atoms with E-state index in [1.54, 1.807) is 17.6 Å². The van der Waals surface area contributed by atoms with Gasteiger partial charge in [0.2, 0.25) is 5.13 Å². The highest BCUT2D eigenvalue weighted by Gasteiger charge is 2.38. The fourth-order valence-electron chi connectivity index (χ4n) is 1.58. The summed E-state index contributed by atoms with van der Waals surface area (Å²) in [5, 5.41) is 3.58. The largest absolute Gasteiger partial charge is 0.471 e. The molecular weight excluding hydrogens is 333 g/mol. The predicted octanol–water partition coefficient (Wildman–Crippen LogP) is 1.92. The normalized spacial score (nSPS) is 11.1. The zero-order chi connectivity index (χ0) is 17.2. The van der Waals surface area contributed by atoms with Crippen molar-refractivity contribution in [3.8, 4) is 11.4 Å². The number of hydrogen-bond donors (Lipinski definition) is 3. The molecule has 2 rings (SSSR count). The number of aromatic nitrogens is 2. The number of aliphatic imine (C=N–C) groups is 1. The van der Waals surface area contributed by atoms with Crippen molar-refractivity contribution in [2.75, 3.05) is 5.32 Å². The molecule has 2 heterocycles. The van der Waals surface area contributed by atoms with E-state index < -0.39 is 12.1 Å². The first-order valence-electron chi connectivity index (χ1n) is 6.08. The van der Waals surface area contributed by atoms with Gasteiger partial charge >= 0.3 is 12.1 Å². The van der Waals surface area contributed by atoms with Gasteiger partial charge in [-0.15, -0.1) is 11.3 Å². The van der Waals surface area contributed by atoms with Gasteiger partial charge in [-0.2, -0.15) is 18.2 Å². The van der Waals surface area contributed by atoms with Crippen LogP contribution in [0.1, 0.15) is 5.56 Å². The van der Waals surface area contributed by atoms with Crippen LogP contribution >= 0.6 is 11.3 Å². The summed E-state index contributed by atoms with van der Waals surface area (Å²) in [5.41, 5.74) is 11.9. The second-order valence-electron chi connectivity index (χ2n) is 4.37. The molecule has 0 aliphatic carbocycles. The van der Waals surface area contributed by atoms with Crippen molar-refractivity contribution >= 4 is 34.2 Å². The second-order valence-corrected chi connectivity index (χ2v) is 5.20. The van der Waals surface area contributed by atoms with Gasteiger partial charge < -0.3 is 16.8 Å². The number of amides is 1. The van der Waals surface area contributed by atoms with Crippen LogP contribution in [0.15, 0.2) is 22.5 Å². The van der Waals surface area contributed by atoms with Crippen molar-refractivity contribution in [3.63, 3.8) is 0 Å². The van der Waals surface area contributed by atoms with E-state index in [1.165, 1.54) is 12.1 Å². The number of nitrogens with one attached hydrogen (secondary N) is 1. The standard InChI is InChI=1S/C12H11F3N6OS/c1-5-2-3-7(20-9(22)12(13,14)15)19-8(5)6-4-23-11(18-6)21-10(16)17/h2-4H,1H3,(H,19,20,22)(H4,16,17,18,21). The van der Waals surface area contributed by atoms with Gasteiger partial charge in [0.15, 0.2) is 5.96 Å². The Balaban J connectivity index is 2.33. The topological polar surface area (TPSA) is 119 Å². The third kappa shape index (κ3) is 4.16. The molecule has 0 saturated carbocycles. The van der Waals surface area contributed by atoms with Crippen LogP contribution in [0.4, 0.5) is 24.1 Å². The smallest absolute Gasteiger partial charge is 0.370 e. The number of halogens is 3. The van der Waals surface area contributed by atoms with Crippen LogP contribution in [0.5, 0.6) is 0 Å². The Labute approximate surface area is 132 Å². The van der Waals surface area contributed by atoms with E-state index in [1.807, 2.05) is 0 Å². The molecule has 2 aromatic rings. The van der Waals surface area contributed by atoms with Crippen LogP contribution < -0.4 is 16.8 Å². The molecule has 0 spiro atoms. The molecule has 0 radical (unpaired) electrons. The van der Waals surface area contributed by atoms with Crippen LogP contribution in [-0.4, -0.2) is 28.0 Å². The number of anilines is 1. The van der Waals surface area contributed by atoms with Crippen molar-refractivity contribution in [2.24, 2.45) is 16.5 Å². The lowest BCUT2D eigenvalue weighted by Gasteiger charge is -2.09. The summed E-state index contributed by atoms with van der Waals surface area (Å²) in [6.45, 7) is 1.71. The average Bonchev–Trinajstić information content (AvgIpc) is 2.87. The molecule has 23 heavy (non-hydrogen) atoms. The van der Waals surface area contributed by atoms with E-state index in [4.69, 9.17) is 11.5 Å².